The van der Waals surface area contributed by atoms with Gasteiger partial charge in [-0.05, 0) is 31.2 Å². The molecule has 1 heterocycles. The molecule has 0 radical (unpaired) electrons. The Bertz CT molecular complexity index is 602. The van der Waals surface area contributed by atoms with E-state index in [4.69, 9.17) is 5.73 Å². The fourth-order valence-corrected chi connectivity index (χ4v) is 3.96. The van der Waals surface area contributed by atoms with Crippen molar-refractivity contribution in [2.24, 2.45) is 5.73 Å². The molecular formula is C20H30ClN3O2. The first-order valence-electron chi connectivity index (χ1n) is 9.48. The van der Waals surface area contributed by atoms with Gasteiger partial charge in [0.15, 0.2) is 0 Å². The van der Waals surface area contributed by atoms with Gasteiger partial charge >= 0.3 is 0 Å². The molecule has 3 rings (SSSR count). The summed E-state index contributed by atoms with van der Waals surface area (Å²) in [4.78, 5) is 29.1. The quantitative estimate of drug-likeness (QED) is 0.873. The second-order valence-corrected chi connectivity index (χ2v) is 7.38. The highest BCUT2D eigenvalue weighted by Crippen LogP contribution is 2.29. The van der Waals surface area contributed by atoms with Crippen LogP contribution in [-0.2, 0) is 16.0 Å². The molecule has 0 spiro atoms. The van der Waals surface area contributed by atoms with Crippen LogP contribution in [-0.4, -0.2) is 53.3 Å². The Hall–Kier alpha value is -1.59. The predicted molar refractivity (Wildman–Crippen MR) is 105 cm³/mol. The summed E-state index contributed by atoms with van der Waals surface area (Å²) in [6.45, 7) is 2.67. The van der Waals surface area contributed by atoms with Crippen LogP contribution >= 0.6 is 12.4 Å². The first-order valence-corrected chi connectivity index (χ1v) is 9.48. The standard InChI is InChI=1S/C20H29N3O2.ClH/c21-20(11-4-5-12-20)19(25)23-14-6-13-22(15-16-23)18(24)10-9-17-7-2-1-3-8-17;/h1-3,7-8H,4-6,9-16,21H2;1H. The van der Waals surface area contributed by atoms with Crippen LogP contribution in [0.25, 0.3) is 0 Å². The lowest BCUT2D eigenvalue weighted by Gasteiger charge is -2.30. The Kier molecular flexibility index (Phi) is 7.47. The highest BCUT2D eigenvalue weighted by Gasteiger charge is 2.40. The van der Waals surface area contributed by atoms with Crippen LogP contribution in [0.4, 0.5) is 0 Å². The summed E-state index contributed by atoms with van der Waals surface area (Å²) in [5.74, 6) is 0.269. The summed E-state index contributed by atoms with van der Waals surface area (Å²) >= 11 is 0. The second-order valence-electron chi connectivity index (χ2n) is 7.38. The first kappa shape index (κ1) is 20.7. The molecule has 2 N–H and O–H groups in total. The Morgan fingerprint density at radius 3 is 2.23 bits per heavy atom. The van der Waals surface area contributed by atoms with Gasteiger partial charge in [-0.2, -0.15) is 0 Å². The largest absolute Gasteiger partial charge is 0.341 e. The lowest BCUT2D eigenvalue weighted by molar-refractivity contribution is -0.137. The summed E-state index contributed by atoms with van der Waals surface area (Å²) in [6, 6.07) is 10.1. The van der Waals surface area contributed by atoms with E-state index in [1.165, 1.54) is 5.56 Å². The number of benzene rings is 1. The fourth-order valence-electron chi connectivity index (χ4n) is 3.96. The molecule has 0 atom stereocenters. The topological polar surface area (TPSA) is 66.6 Å². The van der Waals surface area contributed by atoms with E-state index in [1.807, 2.05) is 28.0 Å². The van der Waals surface area contributed by atoms with E-state index >= 15 is 0 Å². The minimum absolute atomic E-state index is 0. The zero-order valence-corrected chi connectivity index (χ0v) is 16.2. The number of rotatable bonds is 4. The number of hydrogen-bond donors (Lipinski definition) is 1. The highest BCUT2D eigenvalue weighted by atomic mass is 35.5. The molecule has 1 saturated heterocycles. The van der Waals surface area contributed by atoms with Gasteiger partial charge in [0.1, 0.15) is 0 Å². The summed E-state index contributed by atoms with van der Waals surface area (Å²) in [5.41, 5.74) is 6.85. The Labute approximate surface area is 162 Å². The van der Waals surface area contributed by atoms with E-state index < -0.39 is 5.54 Å². The van der Waals surface area contributed by atoms with Gasteiger partial charge in [0.2, 0.25) is 11.8 Å². The third kappa shape index (κ3) is 4.98. The third-order valence-corrected chi connectivity index (χ3v) is 5.53. The van der Waals surface area contributed by atoms with E-state index in [-0.39, 0.29) is 24.2 Å². The van der Waals surface area contributed by atoms with Crippen LogP contribution in [0.15, 0.2) is 30.3 Å². The van der Waals surface area contributed by atoms with Crippen molar-refractivity contribution in [2.75, 3.05) is 26.2 Å². The Morgan fingerprint density at radius 1 is 0.923 bits per heavy atom. The van der Waals surface area contributed by atoms with Crippen LogP contribution < -0.4 is 5.73 Å². The monoisotopic (exact) mass is 379 g/mol. The number of nitrogens with zero attached hydrogens (tertiary/aromatic N) is 2. The van der Waals surface area contributed by atoms with E-state index in [9.17, 15) is 9.59 Å². The van der Waals surface area contributed by atoms with Crippen LogP contribution in [0.1, 0.15) is 44.1 Å². The fraction of sp³-hybridized carbons (Fsp3) is 0.600. The van der Waals surface area contributed by atoms with Gasteiger partial charge in [0, 0.05) is 32.6 Å². The molecule has 1 aliphatic heterocycles. The molecule has 26 heavy (non-hydrogen) atoms. The van der Waals surface area contributed by atoms with Gasteiger partial charge in [0.05, 0.1) is 5.54 Å². The molecule has 1 aromatic carbocycles. The molecule has 1 aromatic rings. The number of nitrogens with two attached hydrogens (primary N) is 1. The SMILES string of the molecule is Cl.NC1(C(=O)N2CCCN(C(=O)CCc3ccccc3)CC2)CCCC1. The van der Waals surface area contributed by atoms with Gasteiger partial charge in [-0.1, -0.05) is 43.2 Å². The zero-order chi connectivity index (χ0) is 17.7. The van der Waals surface area contributed by atoms with E-state index in [1.54, 1.807) is 0 Å². The molecule has 0 aromatic heterocycles. The minimum atomic E-state index is -0.660. The normalized spacial score (nSPS) is 19.6. The summed E-state index contributed by atoms with van der Waals surface area (Å²) < 4.78 is 0. The number of amides is 2. The number of hydrogen-bond acceptors (Lipinski definition) is 3. The predicted octanol–water partition coefficient (Wildman–Crippen LogP) is 2.37. The first-order chi connectivity index (χ1) is 12.1. The van der Waals surface area contributed by atoms with Crippen molar-refractivity contribution in [1.29, 1.82) is 0 Å². The molecule has 2 aliphatic rings. The molecule has 2 amide bonds. The maximum Gasteiger partial charge on any atom is 0.242 e. The molecule has 0 unspecified atom stereocenters. The van der Waals surface area contributed by atoms with Crippen molar-refractivity contribution in [3.8, 4) is 0 Å². The average Bonchev–Trinajstić information content (AvgIpc) is 2.94. The van der Waals surface area contributed by atoms with Crippen molar-refractivity contribution in [3.63, 3.8) is 0 Å². The molecule has 1 saturated carbocycles. The molecule has 6 heteroatoms. The number of carbonyl (C=O) groups excluding carboxylic acids is 2. The van der Waals surface area contributed by atoms with Crippen molar-refractivity contribution in [3.05, 3.63) is 35.9 Å². The molecule has 1 aliphatic carbocycles. The highest BCUT2D eigenvalue weighted by molar-refractivity contribution is 5.86. The van der Waals surface area contributed by atoms with Crippen LogP contribution in [0.3, 0.4) is 0 Å². The van der Waals surface area contributed by atoms with Gasteiger partial charge in [-0.25, -0.2) is 0 Å². The van der Waals surface area contributed by atoms with Gasteiger partial charge in [-0.15, -0.1) is 12.4 Å². The minimum Gasteiger partial charge on any atom is -0.341 e. The van der Waals surface area contributed by atoms with E-state index in [2.05, 4.69) is 12.1 Å². The maximum atomic E-state index is 12.8. The summed E-state index contributed by atoms with van der Waals surface area (Å²) in [7, 11) is 0. The summed E-state index contributed by atoms with van der Waals surface area (Å²) in [5, 5.41) is 0. The smallest absolute Gasteiger partial charge is 0.242 e. The van der Waals surface area contributed by atoms with E-state index in [0.717, 1.165) is 45.1 Å². The van der Waals surface area contributed by atoms with Crippen LogP contribution in [0, 0.1) is 0 Å². The third-order valence-electron chi connectivity index (χ3n) is 5.53. The molecule has 5 nitrogen and oxygen atoms in total. The van der Waals surface area contributed by atoms with E-state index in [0.29, 0.717) is 26.1 Å². The number of aryl methyl sites for hydroxylation is 1. The van der Waals surface area contributed by atoms with Gasteiger partial charge in [-0.3, -0.25) is 9.59 Å². The van der Waals surface area contributed by atoms with Gasteiger partial charge < -0.3 is 15.5 Å². The molecule has 2 fully saturated rings. The van der Waals surface area contributed by atoms with Crippen molar-refractivity contribution in [2.45, 2.75) is 50.5 Å². The summed E-state index contributed by atoms with van der Waals surface area (Å²) in [6.07, 6.45) is 5.80. The lowest BCUT2D eigenvalue weighted by Crippen LogP contribution is -2.54. The van der Waals surface area contributed by atoms with Crippen molar-refractivity contribution in [1.82, 2.24) is 9.80 Å². The molecular weight excluding hydrogens is 350 g/mol. The zero-order valence-electron chi connectivity index (χ0n) is 15.4. The maximum absolute atomic E-state index is 12.8. The molecule has 144 valence electrons. The Morgan fingerprint density at radius 2 is 1.54 bits per heavy atom. The molecule has 0 bridgehead atoms. The Balaban J connectivity index is 0.00000243. The van der Waals surface area contributed by atoms with Crippen LogP contribution in [0.5, 0.6) is 0 Å². The number of carbonyl (C=O) groups is 2. The second kappa shape index (κ2) is 9.38. The van der Waals surface area contributed by atoms with Crippen molar-refractivity contribution >= 4 is 24.2 Å². The lowest BCUT2D eigenvalue weighted by atomic mass is 9.97. The average molecular weight is 380 g/mol. The number of halogens is 1. The van der Waals surface area contributed by atoms with Crippen LogP contribution in [0.2, 0.25) is 0 Å². The van der Waals surface area contributed by atoms with Gasteiger partial charge in [0.25, 0.3) is 0 Å². The van der Waals surface area contributed by atoms with Crippen molar-refractivity contribution < 1.29 is 9.59 Å².